The van der Waals surface area contributed by atoms with Gasteiger partial charge in [0.25, 0.3) is 0 Å². The van der Waals surface area contributed by atoms with Crippen LogP contribution in [-0.2, 0) is 10.0 Å². The number of aromatic carboxylic acids is 1. The number of carbonyl (C=O) groups is 1. The molecule has 0 atom stereocenters. The number of carboxylic acids is 1. The van der Waals surface area contributed by atoms with E-state index in [0.717, 1.165) is 6.26 Å². The topological polar surface area (TPSA) is 92.7 Å². The molecule has 1 aromatic carbocycles. The fourth-order valence-electron chi connectivity index (χ4n) is 1.32. The lowest BCUT2D eigenvalue weighted by Gasteiger charge is -2.14. The zero-order chi connectivity index (χ0) is 14.6. The van der Waals surface area contributed by atoms with Crippen molar-refractivity contribution in [3.05, 3.63) is 23.8 Å². The van der Waals surface area contributed by atoms with E-state index < -0.39 is 16.0 Å². The lowest BCUT2D eigenvalue weighted by molar-refractivity contribution is 0.0697. The molecule has 19 heavy (non-hydrogen) atoms. The van der Waals surface area contributed by atoms with Gasteiger partial charge < -0.3 is 9.84 Å². The van der Waals surface area contributed by atoms with Crippen molar-refractivity contribution in [2.75, 3.05) is 17.6 Å². The largest absolute Gasteiger partial charge is 0.491 e. The highest BCUT2D eigenvalue weighted by Gasteiger charge is 2.13. The zero-order valence-electron chi connectivity index (χ0n) is 11.0. The van der Waals surface area contributed by atoms with Crippen LogP contribution in [-0.4, -0.2) is 32.4 Å². The van der Waals surface area contributed by atoms with Crippen LogP contribution in [0.15, 0.2) is 18.2 Å². The smallest absolute Gasteiger partial charge is 0.335 e. The molecule has 0 heterocycles. The van der Waals surface area contributed by atoms with Gasteiger partial charge in [-0.1, -0.05) is 13.8 Å². The summed E-state index contributed by atoms with van der Waals surface area (Å²) in [7, 11) is -3.50. The van der Waals surface area contributed by atoms with Crippen molar-refractivity contribution in [2.24, 2.45) is 5.92 Å². The fourth-order valence-corrected chi connectivity index (χ4v) is 1.88. The molecule has 6 nitrogen and oxygen atoms in total. The van der Waals surface area contributed by atoms with Gasteiger partial charge in [0.15, 0.2) is 0 Å². The van der Waals surface area contributed by atoms with Crippen molar-refractivity contribution >= 4 is 21.7 Å². The first-order chi connectivity index (χ1) is 8.69. The van der Waals surface area contributed by atoms with Gasteiger partial charge in [-0.2, -0.15) is 0 Å². The van der Waals surface area contributed by atoms with E-state index >= 15 is 0 Å². The van der Waals surface area contributed by atoms with Gasteiger partial charge in [-0.3, -0.25) is 4.72 Å². The molecule has 106 valence electrons. The predicted molar refractivity (Wildman–Crippen MR) is 72.2 cm³/mol. The first-order valence-corrected chi connectivity index (χ1v) is 7.56. The number of hydrogen-bond donors (Lipinski definition) is 2. The second-order valence-corrected chi connectivity index (χ2v) is 6.34. The van der Waals surface area contributed by atoms with E-state index in [2.05, 4.69) is 4.72 Å². The van der Waals surface area contributed by atoms with Gasteiger partial charge in [0.1, 0.15) is 5.75 Å². The highest BCUT2D eigenvalue weighted by molar-refractivity contribution is 7.92. The zero-order valence-corrected chi connectivity index (χ0v) is 11.8. The highest BCUT2D eigenvalue weighted by Crippen LogP contribution is 2.27. The van der Waals surface area contributed by atoms with E-state index in [4.69, 9.17) is 9.84 Å². The van der Waals surface area contributed by atoms with Crippen molar-refractivity contribution in [3.8, 4) is 5.75 Å². The Balaban J connectivity index is 3.11. The predicted octanol–water partition coefficient (Wildman–Crippen LogP) is 1.79. The molecule has 0 aliphatic heterocycles. The summed E-state index contributed by atoms with van der Waals surface area (Å²) in [6.45, 7) is 4.31. The third kappa shape index (κ3) is 5.17. The summed E-state index contributed by atoms with van der Waals surface area (Å²) in [6.07, 6.45) is 0.993. The van der Waals surface area contributed by atoms with E-state index in [0.29, 0.717) is 12.4 Å². The minimum Gasteiger partial charge on any atom is -0.491 e. The number of ether oxygens (including phenoxy) is 1. The summed E-state index contributed by atoms with van der Waals surface area (Å²) in [4.78, 5) is 10.9. The molecule has 2 N–H and O–H groups in total. The molecule has 0 amide bonds. The summed E-state index contributed by atoms with van der Waals surface area (Å²) in [5.74, 6) is -0.554. The van der Waals surface area contributed by atoms with Gasteiger partial charge in [-0.05, 0) is 24.1 Å². The summed E-state index contributed by atoms with van der Waals surface area (Å²) in [6, 6.07) is 4.05. The second kappa shape index (κ2) is 5.92. The number of sulfonamides is 1. The summed E-state index contributed by atoms with van der Waals surface area (Å²) in [5.41, 5.74) is 0.117. The van der Waals surface area contributed by atoms with E-state index in [1.165, 1.54) is 18.2 Å². The first-order valence-electron chi connectivity index (χ1n) is 5.67. The first kappa shape index (κ1) is 15.3. The van der Waals surface area contributed by atoms with Crippen LogP contribution >= 0.6 is 0 Å². The fraction of sp³-hybridized carbons (Fsp3) is 0.417. The molecule has 1 rings (SSSR count). The lowest BCUT2D eigenvalue weighted by Crippen LogP contribution is -2.13. The number of rotatable bonds is 6. The number of hydrogen-bond acceptors (Lipinski definition) is 4. The SMILES string of the molecule is CC(C)COc1ccc(C(=O)O)cc1NS(C)(=O)=O. The maximum absolute atomic E-state index is 11.3. The third-order valence-electron chi connectivity index (χ3n) is 2.09. The Morgan fingerprint density at radius 1 is 1.42 bits per heavy atom. The molecule has 0 aliphatic carbocycles. The van der Waals surface area contributed by atoms with E-state index in [-0.39, 0.29) is 17.2 Å². The van der Waals surface area contributed by atoms with Crippen LogP contribution in [0.1, 0.15) is 24.2 Å². The maximum Gasteiger partial charge on any atom is 0.335 e. The van der Waals surface area contributed by atoms with Crippen molar-refractivity contribution in [2.45, 2.75) is 13.8 Å². The molecule has 0 fully saturated rings. The number of benzene rings is 1. The highest BCUT2D eigenvalue weighted by atomic mass is 32.2. The van der Waals surface area contributed by atoms with Crippen LogP contribution in [0.5, 0.6) is 5.75 Å². The Labute approximate surface area is 112 Å². The Bertz CT molecular complexity index is 565. The van der Waals surface area contributed by atoms with Crippen LogP contribution in [0, 0.1) is 5.92 Å². The quantitative estimate of drug-likeness (QED) is 0.832. The average Bonchev–Trinajstić information content (AvgIpc) is 2.24. The monoisotopic (exact) mass is 287 g/mol. The molecule has 0 aromatic heterocycles. The normalized spacial score (nSPS) is 11.4. The van der Waals surface area contributed by atoms with Crippen LogP contribution < -0.4 is 9.46 Å². The Morgan fingerprint density at radius 3 is 2.53 bits per heavy atom. The van der Waals surface area contributed by atoms with Gasteiger partial charge in [-0.15, -0.1) is 0 Å². The molecule has 0 saturated heterocycles. The van der Waals surface area contributed by atoms with Crippen LogP contribution in [0.2, 0.25) is 0 Å². The van der Waals surface area contributed by atoms with Crippen LogP contribution in [0.25, 0.3) is 0 Å². The summed E-state index contributed by atoms with van der Waals surface area (Å²) in [5, 5.41) is 8.90. The number of anilines is 1. The van der Waals surface area contributed by atoms with Gasteiger partial charge in [0.05, 0.1) is 24.1 Å². The Morgan fingerprint density at radius 2 is 2.05 bits per heavy atom. The minimum atomic E-state index is -3.50. The Kier molecular flexibility index (Phi) is 4.77. The van der Waals surface area contributed by atoms with Gasteiger partial charge in [0, 0.05) is 0 Å². The molecule has 0 spiro atoms. The van der Waals surface area contributed by atoms with Gasteiger partial charge in [-0.25, -0.2) is 13.2 Å². The summed E-state index contributed by atoms with van der Waals surface area (Å²) < 4.78 is 30.2. The molecule has 0 aliphatic rings. The van der Waals surface area contributed by atoms with Crippen LogP contribution in [0.4, 0.5) is 5.69 Å². The van der Waals surface area contributed by atoms with Crippen molar-refractivity contribution in [1.29, 1.82) is 0 Å². The third-order valence-corrected chi connectivity index (χ3v) is 2.68. The molecule has 0 bridgehead atoms. The molecule has 1 aromatic rings. The summed E-state index contributed by atoms with van der Waals surface area (Å²) >= 11 is 0. The average molecular weight is 287 g/mol. The molecular weight excluding hydrogens is 270 g/mol. The minimum absolute atomic E-state index is 0.0111. The van der Waals surface area contributed by atoms with Gasteiger partial charge in [0.2, 0.25) is 10.0 Å². The Hall–Kier alpha value is -1.76. The van der Waals surface area contributed by atoms with Crippen LogP contribution in [0.3, 0.4) is 0 Å². The maximum atomic E-state index is 11.3. The lowest BCUT2D eigenvalue weighted by atomic mass is 10.2. The van der Waals surface area contributed by atoms with E-state index in [9.17, 15) is 13.2 Å². The molecule has 7 heteroatoms. The van der Waals surface area contributed by atoms with E-state index in [1.54, 1.807) is 0 Å². The molecule has 0 unspecified atom stereocenters. The second-order valence-electron chi connectivity index (χ2n) is 4.60. The standard InChI is InChI=1S/C12H17NO5S/c1-8(2)7-18-11-5-4-9(12(14)15)6-10(11)13-19(3,16)17/h4-6,8,13H,7H2,1-3H3,(H,14,15). The molecule has 0 radical (unpaired) electrons. The number of nitrogens with one attached hydrogen (secondary N) is 1. The van der Waals surface area contributed by atoms with Crippen molar-refractivity contribution < 1.29 is 23.1 Å². The van der Waals surface area contributed by atoms with Crippen molar-refractivity contribution in [3.63, 3.8) is 0 Å². The molecular formula is C12H17NO5S. The van der Waals surface area contributed by atoms with Crippen molar-refractivity contribution in [1.82, 2.24) is 0 Å². The number of carboxylic acid groups (broad SMARTS) is 1. The van der Waals surface area contributed by atoms with E-state index in [1.807, 2.05) is 13.8 Å². The molecule has 0 saturated carbocycles. The van der Waals surface area contributed by atoms with Gasteiger partial charge >= 0.3 is 5.97 Å².